The minimum atomic E-state index is -0.895. The molecule has 0 atom stereocenters. The molecular weight excluding hydrogens is 264 g/mol. The van der Waals surface area contributed by atoms with Crippen LogP contribution in [0.1, 0.15) is 6.42 Å². The molecule has 0 unspecified atom stereocenters. The normalized spacial score (nSPS) is 13.2. The number of fused-ring (bicyclic) bond motifs is 1. The largest absolute Gasteiger partial charge is 0.486 e. The van der Waals surface area contributed by atoms with Crippen molar-refractivity contribution in [3.8, 4) is 22.9 Å². The summed E-state index contributed by atoms with van der Waals surface area (Å²) in [6.45, 7) is 1.25. The molecule has 0 amide bonds. The molecule has 0 radical (unpaired) electrons. The lowest BCUT2D eigenvalue weighted by molar-refractivity contribution is -0.137. The number of carbonyl (C=O) groups is 1. The number of carboxylic acids is 1. The molecule has 2 aromatic rings. The number of tetrazole rings is 1. The van der Waals surface area contributed by atoms with E-state index in [9.17, 15) is 4.79 Å². The highest BCUT2D eigenvalue weighted by molar-refractivity contribution is 5.67. The van der Waals surface area contributed by atoms with Gasteiger partial charge in [0.1, 0.15) is 13.2 Å². The van der Waals surface area contributed by atoms with Crippen molar-refractivity contribution < 1.29 is 19.4 Å². The molecule has 1 aromatic carbocycles. The van der Waals surface area contributed by atoms with E-state index < -0.39 is 5.97 Å². The number of hydrogen-bond acceptors (Lipinski definition) is 6. The van der Waals surface area contributed by atoms with Crippen LogP contribution in [0, 0.1) is 0 Å². The number of benzene rings is 1. The Bertz CT molecular complexity index is 640. The summed E-state index contributed by atoms with van der Waals surface area (Å²) in [5.41, 5.74) is 0.754. The molecule has 0 bridgehead atoms. The van der Waals surface area contributed by atoms with Crippen LogP contribution >= 0.6 is 0 Å². The van der Waals surface area contributed by atoms with Crippen LogP contribution in [0.4, 0.5) is 0 Å². The maximum atomic E-state index is 10.6. The van der Waals surface area contributed by atoms with Crippen molar-refractivity contribution in [3.63, 3.8) is 0 Å². The summed E-state index contributed by atoms with van der Waals surface area (Å²) in [7, 11) is 0. The van der Waals surface area contributed by atoms with Crippen LogP contribution in [0.3, 0.4) is 0 Å². The van der Waals surface area contributed by atoms with Gasteiger partial charge in [-0.15, -0.1) is 5.10 Å². The molecule has 0 saturated carbocycles. The van der Waals surface area contributed by atoms with Crippen LogP contribution in [-0.4, -0.2) is 44.5 Å². The van der Waals surface area contributed by atoms with E-state index in [1.54, 1.807) is 12.1 Å². The van der Waals surface area contributed by atoms with Crippen molar-refractivity contribution in [2.45, 2.75) is 13.0 Å². The second kappa shape index (κ2) is 5.16. The number of rotatable bonds is 4. The van der Waals surface area contributed by atoms with Crippen LogP contribution in [0.15, 0.2) is 18.2 Å². The molecule has 1 aromatic heterocycles. The number of aryl methyl sites for hydroxylation is 1. The van der Waals surface area contributed by atoms with Gasteiger partial charge in [0, 0.05) is 5.56 Å². The fraction of sp³-hybridized carbons (Fsp3) is 0.333. The van der Waals surface area contributed by atoms with E-state index in [0.717, 1.165) is 5.56 Å². The van der Waals surface area contributed by atoms with Crippen molar-refractivity contribution in [3.05, 3.63) is 18.2 Å². The Morgan fingerprint density at radius 1 is 1.30 bits per heavy atom. The summed E-state index contributed by atoms with van der Waals surface area (Å²) in [5, 5.41) is 20.0. The monoisotopic (exact) mass is 276 g/mol. The Morgan fingerprint density at radius 3 is 2.90 bits per heavy atom. The standard InChI is InChI=1S/C12H12N4O4/c17-11(18)3-4-16-12(13-14-15-16)8-1-2-9-10(7-8)20-6-5-19-9/h1-2,7H,3-6H2,(H,17,18). The van der Waals surface area contributed by atoms with Gasteiger partial charge in [-0.3, -0.25) is 4.79 Å². The smallest absolute Gasteiger partial charge is 0.305 e. The lowest BCUT2D eigenvalue weighted by Gasteiger charge is -2.18. The molecule has 8 nitrogen and oxygen atoms in total. The SMILES string of the molecule is O=C(O)CCn1nnnc1-c1ccc2c(c1)OCCO2. The van der Waals surface area contributed by atoms with Crippen molar-refractivity contribution in [1.82, 2.24) is 20.2 Å². The van der Waals surface area contributed by atoms with Gasteiger partial charge in [-0.25, -0.2) is 4.68 Å². The third-order valence-corrected chi connectivity index (χ3v) is 2.87. The number of carboxylic acid groups (broad SMARTS) is 1. The van der Waals surface area contributed by atoms with Gasteiger partial charge in [0.15, 0.2) is 17.3 Å². The predicted molar refractivity (Wildman–Crippen MR) is 66.5 cm³/mol. The van der Waals surface area contributed by atoms with Crippen LogP contribution in [0.25, 0.3) is 11.4 Å². The number of nitrogens with zero attached hydrogens (tertiary/aromatic N) is 4. The molecule has 1 aliphatic heterocycles. The molecule has 0 saturated heterocycles. The molecule has 0 aliphatic carbocycles. The number of aliphatic carboxylic acids is 1. The van der Waals surface area contributed by atoms with Crippen molar-refractivity contribution in [2.24, 2.45) is 0 Å². The van der Waals surface area contributed by atoms with Gasteiger partial charge in [0.2, 0.25) is 0 Å². The lowest BCUT2D eigenvalue weighted by Crippen LogP contribution is -2.15. The van der Waals surface area contributed by atoms with E-state index in [2.05, 4.69) is 15.5 Å². The number of ether oxygens (including phenoxy) is 2. The number of hydrogen-bond donors (Lipinski definition) is 1. The van der Waals surface area contributed by atoms with E-state index in [1.807, 2.05) is 6.07 Å². The molecule has 3 rings (SSSR count). The van der Waals surface area contributed by atoms with E-state index in [1.165, 1.54) is 4.68 Å². The summed E-state index contributed by atoms with van der Waals surface area (Å²) in [5.74, 6) is 0.933. The van der Waals surface area contributed by atoms with Gasteiger partial charge in [-0.1, -0.05) is 0 Å². The van der Waals surface area contributed by atoms with Crippen molar-refractivity contribution in [1.29, 1.82) is 0 Å². The average molecular weight is 276 g/mol. The Labute approximate surface area is 113 Å². The predicted octanol–water partition coefficient (Wildman–Crippen LogP) is 0.586. The highest BCUT2D eigenvalue weighted by Crippen LogP contribution is 2.33. The zero-order chi connectivity index (χ0) is 13.9. The summed E-state index contributed by atoms with van der Waals surface area (Å²) in [6, 6.07) is 5.40. The molecule has 20 heavy (non-hydrogen) atoms. The fourth-order valence-corrected chi connectivity index (χ4v) is 1.95. The third-order valence-electron chi connectivity index (χ3n) is 2.87. The van der Waals surface area contributed by atoms with E-state index in [0.29, 0.717) is 30.5 Å². The zero-order valence-corrected chi connectivity index (χ0v) is 10.5. The second-order valence-electron chi connectivity index (χ2n) is 4.23. The quantitative estimate of drug-likeness (QED) is 0.872. The third kappa shape index (κ3) is 2.40. The van der Waals surface area contributed by atoms with Crippen molar-refractivity contribution >= 4 is 5.97 Å². The zero-order valence-electron chi connectivity index (χ0n) is 10.5. The molecule has 2 heterocycles. The Balaban J connectivity index is 1.89. The first-order valence-electron chi connectivity index (χ1n) is 6.12. The summed E-state index contributed by atoms with van der Waals surface area (Å²) >= 11 is 0. The van der Waals surface area contributed by atoms with Crippen LogP contribution < -0.4 is 9.47 Å². The van der Waals surface area contributed by atoms with Crippen molar-refractivity contribution in [2.75, 3.05) is 13.2 Å². The first kappa shape index (κ1) is 12.4. The molecule has 1 aliphatic rings. The van der Waals surface area contributed by atoms with Gasteiger partial charge < -0.3 is 14.6 Å². The molecule has 0 spiro atoms. The minimum Gasteiger partial charge on any atom is -0.486 e. The van der Waals surface area contributed by atoms with Crippen LogP contribution in [-0.2, 0) is 11.3 Å². The van der Waals surface area contributed by atoms with Crippen LogP contribution in [0.5, 0.6) is 11.5 Å². The van der Waals surface area contributed by atoms with E-state index >= 15 is 0 Å². The van der Waals surface area contributed by atoms with Gasteiger partial charge in [-0.2, -0.15) is 0 Å². The first-order chi connectivity index (χ1) is 9.74. The Hall–Kier alpha value is -2.64. The maximum absolute atomic E-state index is 10.6. The maximum Gasteiger partial charge on any atom is 0.305 e. The fourth-order valence-electron chi connectivity index (χ4n) is 1.95. The van der Waals surface area contributed by atoms with Crippen LogP contribution in [0.2, 0.25) is 0 Å². The van der Waals surface area contributed by atoms with Gasteiger partial charge in [0.25, 0.3) is 0 Å². The molecule has 104 valence electrons. The molecule has 0 fully saturated rings. The van der Waals surface area contributed by atoms with E-state index in [4.69, 9.17) is 14.6 Å². The lowest BCUT2D eigenvalue weighted by atomic mass is 10.2. The molecule has 8 heteroatoms. The van der Waals surface area contributed by atoms with Gasteiger partial charge in [0.05, 0.1) is 13.0 Å². The van der Waals surface area contributed by atoms with Gasteiger partial charge >= 0.3 is 5.97 Å². The number of aromatic nitrogens is 4. The summed E-state index contributed by atoms with van der Waals surface area (Å²) in [4.78, 5) is 10.6. The topological polar surface area (TPSA) is 99.4 Å². The molecule has 1 N–H and O–H groups in total. The minimum absolute atomic E-state index is 0.0391. The first-order valence-corrected chi connectivity index (χ1v) is 6.12. The summed E-state index contributed by atoms with van der Waals surface area (Å²) < 4.78 is 12.4. The van der Waals surface area contributed by atoms with Gasteiger partial charge in [-0.05, 0) is 28.6 Å². The Kier molecular flexibility index (Phi) is 3.20. The average Bonchev–Trinajstić information content (AvgIpc) is 2.93. The Morgan fingerprint density at radius 2 is 2.10 bits per heavy atom. The van der Waals surface area contributed by atoms with E-state index in [-0.39, 0.29) is 13.0 Å². The molecular formula is C12H12N4O4. The summed E-state index contributed by atoms with van der Waals surface area (Å²) in [6.07, 6.45) is -0.0391. The highest BCUT2D eigenvalue weighted by Gasteiger charge is 2.16. The highest BCUT2D eigenvalue weighted by atomic mass is 16.6. The second-order valence-corrected chi connectivity index (χ2v) is 4.23.